The van der Waals surface area contributed by atoms with Crippen molar-refractivity contribution >= 4 is 19.8 Å². The van der Waals surface area contributed by atoms with Crippen LogP contribution in [-0.2, 0) is 32.7 Å². The van der Waals surface area contributed by atoms with Gasteiger partial charge in [0.15, 0.2) is 6.10 Å². The Bertz CT molecular complexity index is 1500. The minimum atomic E-state index is -4.63. The van der Waals surface area contributed by atoms with Crippen LogP contribution in [0.1, 0.15) is 277 Å². The molecule has 0 heterocycles. The van der Waals surface area contributed by atoms with Crippen LogP contribution in [0, 0.1) is 0 Å². The molecule has 436 valence electrons. The second-order valence-corrected chi connectivity index (χ2v) is 23.5. The van der Waals surface area contributed by atoms with Gasteiger partial charge >= 0.3 is 11.9 Å². The van der Waals surface area contributed by atoms with E-state index < -0.39 is 26.5 Å². The zero-order chi connectivity index (χ0) is 54.9. The fraction of sp³-hybridized carbons (Fsp3) is 0.785. The van der Waals surface area contributed by atoms with E-state index in [4.69, 9.17) is 18.5 Å². The predicted molar refractivity (Wildman–Crippen MR) is 319 cm³/mol. The summed E-state index contributed by atoms with van der Waals surface area (Å²) in [5.74, 6) is -0.823. The van der Waals surface area contributed by atoms with Gasteiger partial charge in [0.2, 0.25) is 0 Å². The van der Waals surface area contributed by atoms with Gasteiger partial charge in [0, 0.05) is 12.8 Å². The molecular weight excluding hydrogens is 954 g/mol. The summed E-state index contributed by atoms with van der Waals surface area (Å²) in [5.41, 5.74) is 0. The number of rotatable bonds is 57. The van der Waals surface area contributed by atoms with Crippen molar-refractivity contribution < 1.29 is 42.1 Å². The Kier molecular flexibility index (Phi) is 54.3. The molecule has 0 aromatic heterocycles. The highest BCUT2D eigenvalue weighted by Crippen LogP contribution is 2.38. The lowest BCUT2D eigenvalue weighted by Crippen LogP contribution is -2.37. The molecule has 0 saturated carbocycles. The van der Waals surface area contributed by atoms with Gasteiger partial charge in [-0.3, -0.25) is 14.2 Å². The van der Waals surface area contributed by atoms with Crippen molar-refractivity contribution in [3.05, 3.63) is 72.9 Å². The van der Waals surface area contributed by atoms with Crippen LogP contribution in [0.25, 0.3) is 0 Å². The van der Waals surface area contributed by atoms with E-state index in [0.29, 0.717) is 17.4 Å². The van der Waals surface area contributed by atoms with E-state index in [9.17, 15) is 19.0 Å². The topological polar surface area (TPSA) is 111 Å². The van der Waals surface area contributed by atoms with Crippen molar-refractivity contribution in [3.8, 4) is 0 Å². The minimum absolute atomic E-state index is 0.0294. The molecule has 0 amide bonds. The molecule has 0 aliphatic heterocycles. The highest BCUT2D eigenvalue weighted by atomic mass is 31.2. The van der Waals surface area contributed by atoms with Crippen molar-refractivity contribution in [2.75, 3.05) is 47.5 Å². The number of quaternary nitrogens is 1. The lowest BCUT2D eigenvalue weighted by molar-refractivity contribution is -0.870. The van der Waals surface area contributed by atoms with E-state index in [1.165, 1.54) is 167 Å². The molecule has 2 atom stereocenters. The number of carbonyl (C=O) groups is 2. The van der Waals surface area contributed by atoms with Crippen molar-refractivity contribution in [2.45, 2.75) is 283 Å². The first kappa shape index (κ1) is 72.5. The van der Waals surface area contributed by atoms with Gasteiger partial charge in [0.1, 0.15) is 19.8 Å². The molecule has 0 spiro atoms. The van der Waals surface area contributed by atoms with E-state index in [2.05, 4.69) is 86.8 Å². The lowest BCUT2D eigenvalue weighted by atomic mass is 10.0. The Labute approximate surface area is 463 Å². The summed E-state index contributed by atoms with van der Waals surface area (Å²) in [4.78, 5) is 37.8. The van der Waals surface area contributed by atoms with Crippen molar-refractivity contribution in [2.24, 2.45) is 0 Å². The van der Waals surface area contributed by atoms with Gasteiger partial charge in [-0.25, -0.2) is 0 Å². The zero-order valence-electron chi connectivity index (χ0n) is 49.5. The maximum atomic E-state index is 12.8. The van der Waals surface area contributed by atoms with Crippen LogP contribution >= 0.6 is 7.82 Å². The van der Waals surface area contributed by atoms with E-state index >= 15 is 0 Å². The van der Waals surface area contributed by atoms with Gasteiger partial charge in [-0.2, -0.15) is 0 Å². The second-order valence-electron chi connectivity index (χ2n) is 22.0. The molecule has 0 aromatic rings. The van der Waals surface area contributed by atoms with Crippen LogP contribution in [0.2, 0.25) is 0 Å². The average molecular weight is 1070 g/mol. The number of hydrogen-bond acceptors (Lipinski definition) is 8. The van der Waals surface area contributed by atoms with Gasteiger partial charge in [-0.15, -0.1) is 0 Å². The van der Waals surface area contributed by atoms with Gasteiger partial charge in [-0.05, 0) is 64.2 Å². The van der Waals surface area contributed by atoms with Gasteiger partial charge < -0.3 is 27.9 Å². The smallest absolute Gasteiger partial charge is 0.306 e. The predicted octanol–water partition coefficient (Wildman–Crippen LogP) is 19.0. The Morgan fingerprint density at radius 1 is 0.427 bits per heavy atom. The average Bonchev–Trinajstić information content (AvgIpc) is 3.37. The highest BCUT2D eigenvalue weighted by molar-refractivity contribution is 7.45. The van der Waals surface area contributed by atoms with Gasteiger partial charge in [0.05, 0.1) is 27.7 Å². The summed E-state index contributed by atoms with van der Waals surface area (Å²) < 4.78 is 34.1. The van der Waals surface area contributed by atoms with Crippen LogP contribution in [0.15, 0.2) is 72.9 Å². The SMILES string of the molecule is CC/C=C\C/C=C\C/C=C\C/C=C\C/C=C\C/C=C\CCCCCCCCCCCCCCCCCCCCCCC(=O)OC(COC(=O)CCCCCCCCCCCCCC)COP(=O)([O-])OCC[N+](C)(C)C. The maximum absolute atomic E-state index is 12.8. The molecule has 0 bridgehead atoms. The summed E-state index contributed by atoms with van der Waals surface area (Å²) in [7, 11) is 1.18. The molecule has 0 aliphatic carbocycles. The van der Waals surface area contributed by atoms with Crippen molar-refractivity contribution in [1.29, 1.82) is 0 Å². The number of likely N-dealkylation sites (N-methyl/N-ethyl adjacent to an activating group) is 1. The van der Waals surface area contributed by atoms with Crippen LogP contribution in [0.4, 0.5) is 0 Å². The van der Waals surface area contributed by atoms with E-state index in [1.54, 1.807) is 0 Å². The summed E-state index contributed by atoms with van der Waals surface area (Å²) in [6.07, 6.45) is 74.1. The van der Waals surface area contributed by atoms with Crippen molar-refractivity contribution in [1.82, 2.24) is 0 Å². The molecule has 0 fully saturated rings. The first-order valence-electron chi connectivity index (χ1n) is 31.1. The normalized spacial score (nSPS) is 13.7. The van der Waals surface area contributed by atoms with Crippen LogP contribution in [0.5, 0.6) is 0 Å². The molecule has 9 nitrogen and oxygen atoms in total. The third kappa shape index (κ3) is 60.5. The van der Waals surface area contributed by atoms with Gasteiger partial charge in [-0.1, -0.05) is 273 Å². The molecule has 0 radical (unpaired) electrons. The summed E-state index contributed by atoms with van der Waals surface area (Å²) in [6, 6.07) is 0. The molecule has 0 aromatic carbocycles. The number of allylic oxidation sites excluding steroid dienone is 12. The number of phosphoric ester groups is 1. The lowest BCUT2D eigenvalue weighted by Gasteiger charge is -2.28. The standard InChI is InChI=1S/C65H118NO8P/c1-6-8-10-12-14-16-18-20-21-22-23-24-25-26-27-28-29-30-31-32-33-34-35-36-37-38-39-40-41-42-43-44-45-46-48-50-52-54-56-58-65(68)74-63(62-73-75(69,70)72-60-59-66(3,4)5)61-71-64(67)57-55-53-51-49-47-19-17-15-13-11-9-7-2/h8,10,14,16,20-21,23-24,26-27,29-30,63H,6-7,9,11-13,15,17-19,22,25,28,31-62H2,1-5H3/b10-8-,16-14-,21-20-,24-23-,27-26-,30-29-. The highest BCUT2D eigenvalue weighted by Gasteiger charge is 2.22. The molecule has 0 saturated heterocycles. The molecule has 0 aliphatic rings. The number of carbonyl (C=O) groups excluding carboxylic acids is 2. The number of esters is 2. The van der Waals surface area contributed by atoms with Crippen LogP contribution in [0.3, 0.4) is 0 Å². The molecule has 75 heavy (non-hydrogen) atoms. The zero-order valence-corrected chi connectivity index (χ0v) is 50.4. The molecule has 10 heteroatoms. The molecule has 0 rings (SSSR count). The third-order valence-electron chi connectivity index (χ3n) is 13.5. The largest absolute Gasteiger partial charge is 0.756 e. The summed E-state index contributed by atoms with van der Waals surface area (Å²) >= 11 is 0. The second kappa shape index (κ2) is 56.2. The van der Waals surface area contributed by atoms with Crippen LogP contribution < -0.4 is 4.89 Å². The summed E-state index contributed by atoms with van der Waals surface area (Å²) in [5, 5.41) is 0. The number of unbranched alkanes of at least 4 members (excludes halogenated alkanes) is 31. The minimum Gasteiger partial charge on any atom is -0.756 e. The Morgan fingerprint density at radius 3 is 1.13 bits per heavy atom. The van der Waals surface area contributed by atoms with Crippen LogP contribution in [-0.4, -0.2) is 70.0 Å². The van der Waals surface area contributed by atoms with E-state index in [1.807, 2.05) is 21.1 Å². The molecule has 0 N–H and O–H groups in total. The fourth-order valence-corrected chi connectivity index (χ4v) is 9.45. The van der Waals surface area contributed by atoms with Gasteiger partial charge in [0.25, 0.3) is 7.82 Å². The monoisotopic (exact) mass is 1070 g/mol. The molecular formula is C65H118NO8P. The Hall–Kier alpha value is -2.55. The number of hydrogen-bond donors (Lipinski definition) is 0. The fourth-order valence-electron chi connectivity index (χ4n) is 8.72. The number of nitrogens with zero attached hydrogens (tertiary/aromatic N) is 1. The summed E-state index contributed by atoms with van der Waals surface area (Å²) in [6.45, 7) is 4.14. The first-order valence-corrected chi connectivity index (χ1v) is 32.6. The number of ether oxygens (including phenoxy) is 2. The quantitative estimate of drug-likeness (QED) is 0.0195. The first-order chi connectivity index (χ1) is 36.5. The number of phosphoric acid groups is 1. The molecule has 2 unspecified atom stereocenters. The van der Waals surface area contributed by atoms with E-state index in [0.717, 1.165) is 77.0 Å². The van der Waals surface area contributed by atoms with E-state index in [-0.39, 0.29) is 32.0 Å². The Morgan fingerprint density at radius 2 is 0.760 bits per heavy atom. The van der Waals surface area contributed by atoms with Crippen molar-refractivity contribution in [3.63, 3.8) is 0 Å². The Balaban J connectivity index is 3.91. The maximum Gasteiger partial charge on any atom is 0.306 e. The third-order valence-corrected chi connectivity index (χ3v) is 14.5.